The molecule has 0 unspecified atom stereocenters. The number of carbonyl (C=O) groups excluding carboxylic acids is 2. The van der Waals surface area contributed by atoms with E-state index in [0.29, 0.717) is 38.1 Å². The highest BCUT2D eigenvalue weighted by atomic mass is 35.5. The van der Waals surface area contributed by atoms with Gasteiger partial charge in [0.25, 0.3) is 5.91 Å². The fourth-order valence-corrected chi connectivity index (χ4v) is 4.44. The van der Waals surface area contributed by atoms with Crippen molar-refractivity contribution in [2.45, 2.75) is 33.1 Å². The normalized spacial score (nSPS) is 14.1. The number of piperidine rings is 1. The number of aromatic nitrogens is 2. The smallest absolute Gasteiger partial charge is 0.338 e. The van der Waals surface area contributed by atoms with Crippen LogP contribution in [0, 0.1) is 6.92 Å². The number of rotatable bonds is 6. The number of benzene rings is 2. The Morgan fingerprint density at radius 1 is 1.06 bits per heavy atom. The van der Waals surface area contributed by atoms with Crippen molar-refractivity contribution < 1.29 is 14.3 Å². The summed E-state index contributed by atoms with van der Waals surface area (Å²) < 4.78 is 6.76. The third-order valence-corrected chi connectivity index (χ3v) is 6.32. The molecule has 9 heteroatoms. The zero-order valence-corrected chi connectivity index (χ0v) is 20.6. The summed E-state index contributed by atoms with van der Waals surface area (Å²) >= 11 is 12.7. The highest BCUT2D eigenvalue weighted by molar-refractivity contribution is 6.33. The second-order valence-electron chi connectivity index (χ2n) is 8.11. The summed E-state index contributed by atoms with van der Waals surface area (Å²) in [6.07, 6.45) is 3.26. The van der Waals surface area contributed by atoms with E-state index in [1.54, 1.807) is 41.9 Å². The summed E-state index contributed by atoms with van der Waals surface area (Å²) in [5.74, 6) is -0.715. The van der Waals surface area contributed by atoms with Crippen molar-refractivity contribution in [3.8, 4) is 16.9 Å². The molecular formula is C25H26Cl2N4O3. The zero-order valence-electron chi connectivity index (χ0n) is 19.1. The van der Waals surface area contributed by atoms with Crippen molar-refractivity contribution in [2.24, 2.45) is 0 Å². The van der Waals surface area contributed by atoms with E-state index in [2.05, 4.69) is 10.5 Å². The van der Waals surface area contributed by atoms with E-state index in [1.165, 1.54) is 6.42 Å². The Hall–Kier alpha value is -2.87. The van der Waals surface area contributed by atoms with Gasteiger partial charge in [0.15, 0.2) is 5.69 Å². The molecule has 0 radical (unpaired) electrons. The third kappa shape index (κ3) is 5.12. The first-order chi connectivity index (χ1) is 16.4. The predicted molar refractivity (Wildman–Crippen MR) is 133 cm³/mol. The van der Waals surface area contributed by atoms with Crippen molar-refractivity contribution in [3.63, 3.8) is 0 Å². The van der Waals surface area contributed by atoms with Gasteiger partial charge in [0.05, 0.1) is 28.6 Å². The van der Waals surface area contributed by atoms with Crippen LogP contribution < -0.4 is 5.43 Å². The van der Waals surface area contributed by atoms with Gasteiger partial charge in [-0.1, -0.05) is 35.7 Å². The van der Waals surface area contributed by atoms with E-state index in [1.807, 2.05) is 24.1 Å². The van der Waals surface area contributed by atoms with Gasteiger partial charge < -0.3 is 4.74 Å². The number of nitrogens with one attached hydrogen (secondary N) is 1. The second-order valence-corrected chi connectivity index (χ2v) is 8.96. The number of nitrogens with zero attached hydrogens (tertiary/aromatic N) is 3. The van der Waals surface area contributed by atoms with E-state index in [-0.39, 0.29) is 12.5 Å². The molecule has 0 bridgehead atoms. The first kappa shape index (κ1) is 24.3. The van der Waals surface area contributed by atoms with Crippen LogP contribution in [0.1, 0.15) is 52.6 Å². The summed E-state index contributed by atoms with van der Waals surface area (Å²) in [5, 5.41) is 7.55. The second kappa shape index (κ2) is 10.6. The predicted octanol–water partition coefficient (Wildman–Crippen LogP) is 5.46. The maximum Gasteiger partial charge on any atom is 0.338 e. The van der Waals surface area contributed by atoms with Crippen LogP contribution in [0.4, 0.5) is 0 Å². The molecule has 1 aliphatic rings. The van der Waals surface area contributed by atoms with E-state index in [0.717, 1.165) is 31.6 Å². The minimum absolute atomic E-state index is 0.271. The van der Waals surface area contributed by atoms with E-state index in [9.17, 15) is 9.59 Å². The number of halogens is 2. The molecule has 1 amide bonds. The molecule has 0 spiro atoms. The van der Waals surface area contributed by atoms with Crippen molar-refractivity contribution in [1.82, 2.24) is 20.2 Å². The number of hydrogen-bond donors (Lipinski definition) is 1. The molecule has 178 valence electrons. The number of esters is 1. The molecule has 7 nitrogen and oxygen atoms in total. The van der Waals surface area contributed by atoms with Gasteiger partial charge in [-0.05, 0) is 63.1 Å². The van der Waals surface area contributed by atoms with E-state index >= 15 is 0 Å². The number of hydrogen-bond acceptors (Lipinski definition) is 5. The van der Waals surface area contributed by atoms with Gasteiger partial charge >= 0.3 is 5.97 Å². The van der Waals surface area contributed by atoms with Gasteiger partial charge in [0, 0.05) is 29.2 Å². The number of amides is 1. The molecule has 0 saturated carbocycles. The molecule has 1 fully saturated rings. The van der Waals surface area contributed by atoms with E-state index < -0.39 is 5.97 Å². The summed E-state index contributed by atoms with van der Waals surface area (Å²) in [5.41, 5.74) is 6.35. The highest BCUT2D eigenvalue weighted by Gasteiger charge is 2.25. The van der Waals surface area contributed by atoms with Gasteiger partial charge in [0.1, 0.15) is 0 Å². The zero-order chi connectivity index (χ0) is 24.2. The Balaban J connectivity index is 1.78. The number of hydrazine groups is 1. The van der Waals surface area contributed by atoms with Crippen LogP contribution in [-0.2, 0) is 4.74 Å². The average molecular weight is 501 g/mol. The molecule has 1 aliphatic heterocycles. The van der Waals surface area contributed by atoms with Gasteiger partial charge in [-0.3, -0.25) is 10.2 Å². The van der Waals surface area contributed by atoms with Crippen molar-refractivity contribution in [3.05, 3.63) is 69.3 Å². The standard InChI is InChI=1S/C25H26Cl2N4O3/c1-3-34-25(33)17-7-12-20(21(27)15-17)23-16(2)22(24(32)29-30-13-5-4-6-14-30)28-31(23)19-10-8-18(26)9-11-19/h7-12,15H,3-6,13-14H2,1-2H3,(H,29,32). The maximum atomic E-state index is 13.2. The van der Waals surface area contributed by atoms with Crippen LogP contribution in [-0.4, -0.2) is 46.4 Å². The molecular weight excluding hydrogens is 475 g/mol. The van der Waals surface area contributed by atoms with Crippen molar-refractivity contribution >= 4 is 35.1 Å². The Bertz CT molecular complexity index is 1200. The van der Waals surface area contributed by atoms with E-state index in [4.69, 9.17) is 27.9 Å². The molecule has 2 heterocycles. The van der Waals surface area contributed by atoms with Crippen molar-refractivity contribution in [2.75, 3.05) is 19.7 Å². The average Bonchev–Trinajstić information content (AvgIpc) is 3.17. The molecule has 34 heavy (non-hydrogen) atoms. The van der Waals surface area contributed by atoms with Crippen LogP contribution in [0.5, 0.6) is 0 Å². The number of ether oxygens (including phenoxy) is 1. The lowest BCUT2D eigenvalue weighted by atomic mass is 10.0. The molecule has 0 atom stereocenters. The fourth-order valence-electron chi connectivity index (χ4n) is 4.05. The summed E-state index contributed by atoms with van der Waals surface area (Å²) in [6, 6.07) is 12.1. The Morgan fingerprint density at radius 3 is 2.41 bits per heavy atom. The lowest BCUT2D eigenvalue weighted by Crippen LogP contribution is -2.45. The minimum atomic E-state index is -0.444. The van der Waals surface area contributed by atoms with Crippen LogP contribution in [0.15, 0.2) is 42.5 Å². The van der Waals surface area contributed by atoms with Crippen LogP contribution in [0.2, 0.25) is 10.0 Å². The monoisotopic (exact) mass is 500 g/mol. The third-order valence-electron chi connectivity index (χ3n) is 5.76. The van der Waals surface area contributed by atoms with Crippen molar-refractivity contribution in [1.29, 1.82) is 0 Å². The van der Waals surface area contributed by atoms with Crippen LogP contribution in [0.25, 0.3) is 16.9 Å². The van der Waals surface area contributed by atoms with Gasteiger partial charge in [-0.25, -0.2) is 14.5 Å². The van der Waals surface area contributed by atoms with Gasteiger partial charge in [0.2, 0.25) is 0 Å². The first-order valence-electron chi connectivity index (χ1n) is 11.3. The lowest BCUT2D eigenvalue weighted by Gasteiger charge is -2.26. The van der Waals surface area contributed by atoms with Crippen LogP contribution in [0.3, 0.4) is 0 Å². The highest BCUT2D eigenvalue weighted by Crippen LogP contribution is 2.35. The SMILES string of the molecule is CCOC(=O)c1ccc(-c2c(C)c(C(=O)NN3CCCCC3)nn2-c2ccc(Cl)cc2)c(Cl)c1. The summed E-state index contributed by atoms with van der Waals surface area (Å²) in [4.78, 5) is 25.3. The Kier molecular flexibility index (Phi) is 7.56. The minimum Gasteiger partial charge on any atom is -0.462 e. The van der Waals surface area contributed by atoms with Crippen LogP contribution >= 0.6 is 23.2 Å². The largest absolute Gasteiger partial charge is 0.462 e. The van der Waals surface area contributed by atoms with Gasteiger partial charge in [-0.15, -0.1) is 0 Å². The lowest BCUT2D eigenvalue weighted by molar-refractivity contribution is 0.0526. The Labute approximate surface area is 208 Å². The molecule has 2 aromatic carbocycles. The first-order valence-corrected chi connectivity index (χ1v) is 12.0. The molecule has 1 aromatic heterocycles. The molecule has 4 rings (SSSR count). The molecule has 1 N–H and O–H groups in total. The topological polar surface area (TPSA) is 76.5 Å². The number of carbonyl (C=O) groups is 2. The molecule has 1 saturated heterocycles. The fraction of sp³-hybridized carbons (Fsp3) is 0.320. The molecule has 3 aromatic rings. The van der Waals surface area contributed by atoms with Gasteiger partial charge in [-0.2, -0.15) is 5.10 Å². The summed E-state index contributed by atoms with van der Waals surface area (Å²) in [7, 11) is 0. The molecule has 0 aliphatic carbocycles. The quantitative estimate of drug-likeness (QED) is 0.454. The maximum absolute atomic E-state index is 13.2. The summed E-state index contributed by atoms with van der Waals surface area (Å²) in [6.45, 7) is 5.50. The Morgan fingerprint density at radius 2 is 1.76 bits per heavy atom.